The zero-order valence-corrected chi connectivity index (χ0v) is 19.5. The molecule has 34 heavy (non-hydrogen) atoms. The van der Waals surface area contributed by atoms with Gasteiger partial charge in [-0.3, -0.25) is 9.59 Å². The predicted octanol–water partition coefficient (Wildman–Crippen LogP) is 3.94. The van der Waals surface area contributed by atoms with Crippen LogP contribution in [0.3, 0.4) is 0 Å². The van der Waals surface area contributed by atoms with Gasteiger partial charge in [0.25, 0.3) is 11.8 Å². The van der Waals surface area contributed by atoms with Crippen LogP contribution in [-0.4, -0.2) is 53.4 Å². The molecule has 0 unspecified atom stereocenters. The fraction of sp³-hybridized carbons (Fsp3) is 0.333. The van der Waals surface area contributed by atoms with Crippen molar-refractivity contribution in [2.45, 2.75) is 25.7 Å². The Kier molecular flexibility index (Phi) is 6.31. The summed E-state index contributed by atoms with van der Waals surface area (Å²) in [6.45, 7) is 3.96. The number of benzene rings is 2. The molecule has 3 aromatic rings. The Morgan fingerprint density at radius 3 is 2.62 bits per heavy atom. The molecule has 2 amide bonds. The largest absolute Gasteiger partial charge is 0.494 e. The average Bonchev–Trinajstić information content (AvgIpc) is 3.54. The van der Waals surface area contributed by atoms with Gasteiger partial charge < -0.3 is 24.4 Å². The number of carbonyl (C=O) groups is 2. The third-order valence-corrected chi connectivity index (χ3v) is 6.89. The van der Waals surface area contributed by atoms with E-state index in [1.54, 1.807) is 30.3 Å². The van der Waals surface area contributed by atoms with Gasteiger partial charge in [0.1, 0.15) is 10.8 Å². The molecule has 2 aromatic carbocycles. The number of hydrogen-bond donors (Lipinski definition) is 1. The quantitative estimate of drug-likeness (QED) is 0.570. The van der Waals surface area contributed by atoms with E-state index < -0.39 is 0 Å². The number of rotatable bonds is 6. The van der Waals surface area contributed by atoms with Crippen molar-refractivity contribution < 1.29 is 23.8 Å². The van der Waals surface area contributed by atoms with Crippen LogP contribution in [-0.2, 0) is 0 Å². The van der Waals surface area contributed by atoms with E-state index in [1.807, 2.05) is 24.0 Å². The van der Waals surface area contributed by atoms with Crippen LogP contribution in [0.25, 0.3) is 0 Å². The Morgan fingerprint density at radius 2 is 1.85 bits per heavy atom. The van der Waals surface area contributed by atoms with Crippen LogP contribution in [0.4, 0.5) is 5.69 Å². The molecule has 5 rings (SSSR count). The molecular formula is C24H24N4O5S. The number of carbonyl (C=O) groups excluding carboxylic acids is 2. The molecule has 176 valence electrons. The second-order valence-corrected chi connectivity index (χ2v) is 9.00. The molecule has 0 spiro atoms. The number of ether oxygens (including phenoxy) is 3. The Labute approximate surface area is 200 Å². The fourth-order valence-electron chi connectivity index (χ4n) is 4.02. The lowest BCUT2D eigenvalue weighted by molar-refractivity contribution is 0.0712. The van der Waals surface area contributed by atoms with Crippen molar-refractivity contribution in [1.29, 1.82) is 0 Å². The van der Waals surface area contributed by atoms with Crippen molar-refractivity contribution in [2.75, 3.05) is 31.8 Å². The summed E-state index contributed by atoms with van der Waals surface area (Å²) in [5, 5.41) is 12.3. The van der Waals surface area contributed by atoms with Crippen LogP contribution in [0.5, 0.6) is 17.2 Å². The Balaban J connectivity index is 1.16. The maximum atomic E-state index is 12.8. The lowest BCUT2D eigenvalue weighted by Gasteiger charge is -2.31. The number of hydrogen-bond acceptors (Lipinski definition) is 8. The molecular weight excluding hydrogens is 456 g/mol. The van der Waals surface area contributed by atoms with Gasteiger partial charge >= 0.3 is 0 Å². The van der Waals surface area contributed by atoms with E-state index in [2.05, 4.69) is 15.5 Å². The van der Waals surface area contributed by atoms with Gasteiger partial charge in [-0.1, -0.05) is 11.3 Å². The van der Waals surface area contributed by atoms with Crippen LogP contribution in [0, 0.1) is 0 Å². The number of fused-ring (bicyclic) bond motifs is 1. The molecule has 10 heteroatoms. The van der Waals surface area contributed by atoms with E-state index in [-0.39, 0.29) is 24.5 Å². The van der Waals surface area contributed by atoms with E-state index in [0.29, 0.717) is 47.5 Å². The summed E-state index contributed by atoms with van der Waals surface area (Å²) in [4.78, 5) is 27.3. The highest BCUT2D eigenvalue weighted by atomic mass is 32.1. The van der Waals surface area contributed by atoms with Gasteiger partial charge in [0.2, 0.25) is 11.8 Å². The fourth-order valence-corrected chi connectivity index (χ4v) is 4.93. The lowest BCUT2D eigenvalue weighted by Crippen LogP contribution is -2.37. The first-order chi connectivity index (χ1) is 16.6. The predicted molar refractivity (Wildman–Crippen MR) is 126 cm³/mol. The minimum Gasteiger partial charge on any atom is -0.494 e. The van der Waals surface area contributed by atoms with Crippen molar-refractivity contribution in [3.63, 3.8) is 0 Å². The molecule has 0 radical (unpaired) electrons. The van der Waals surface area contributed by atoms with E-state index in [9.17, 15) is 9.59 Å². The zero-order chi connectivity index (χ0) is 23.5. The highest BCUT2D eigenvalue weighted by Gasteiger charge is 2.28. The van der Waals surface area contributed by atoms with Crippen molar-refractivity contribution in [2.24, 2.45) is 0 Å². The average molecular weight is 481 g/mol. The smallest absolute Gasteiger partial charge is 0.286 e. The molecule has 0 atom stereocenters. The van der Waals surface area contributed by atoms with Gasteiger partial charge in [0.05, 0.1) is 6.61 Å². The van der Waals surface area contributed by atoms with E-state index in [1.165, 1.54) is 11.3 Å². The molecule has 3 heterocycles. The summed E-state index contributed by atoms with van der Waals surface area (Å²) in [6, 6.07) is 12.5. The Morgan fingerprint density at radius 1 is 1.09 bits per heavy atom. The van der Waals surface area contributed by atoms with Crippen LogP contribution < -0.4 is 19.5 Å². The maximum Gasteiger partial charge on any atom is 0.286 e. The molecule has 1 fully saturated rings. The summed E-state index contributed by atoms with van der Waals surface area (Å²) in [5.74, 6) is 1.89. The summed E-state index contributed by atoms with van der Waals surface area (Å²) >= 11 is 1.30. The minimum atomic E-state index is -0.314. The normalized spacial score (nSPS) is 15.3. The van der Waals surface area contributed by atoms with Crippen LogP contribution >= 0.6 is 11.3 Å². The van der Waals surface area contributed by atoms with E-state index >= 15 is 0 Å². The first-order valence-electron chi connectivity index (χ1n) is 11.2. The molecule has 1 saturated heterocycles. The lowest BCUT2D eigenvalue weighted by atomic mass is 9.97. The number of likely N-dealkylation sites (tertiary alicyclic amines) is 1. The van der Waals surface area contributed by atoms with Crippen LogP contribution in [0.15, 0.2) is 42.5 Å². The van der Waals surface area contributed by atoms with Crippen LogP contribution in [0.2, 0.25) is 0 Å². The van der Waals surface area contributed by atoms with E-state index in [4.69, 9.17) is 14.2 Å². The Bertz CT molecular complexity index is 1190. The van der Waals surface area contributed by atoms with Crippen molar-refractivity contribution in [1.82, 2.24) is 15.1 Å². The standard InChI is InChI=1S/C24H24N4O5S/c1-2-31-18-6-3-16(4-7-18)24(30)28-11-9-15(10-12-28)22-26-27-23(34-22)21(29)25-17-5-8-19-20(13-17)33-14-32-19/h3-8,13,15H,2,9-12,14H2,1H3,(H,25,29). The molecule has 9 nitrogen and oxygen atoms in total. The first kappa shape index (κ1) is 22.1. The number of nitrogens with one attached hydrogen (secondary N) is 1. The summed E-state index contributed by atoms with van der Waals surface area (Å²) in [5.41, 5.74) is 1.26. The molecule has 1 N–H and O–H groups in total. The van der Waals surface area contributed by atoms with Gasteiger partial charge in [-0.2, -0.15) is 0 Å². The molecule has 0 saturated carbocycles. The van der Waals surface area contributed by atoms with Gasteiger partial charge in [-0.05, 0) is 56.2 Å². The zero-order valence-electron chi connectivity index (χ0n) is 18.7. The van der Waals surface area contributed by atoms with Crippen LogP contribution in [0.1, 0.15) is 50.9 Å². The number of piperidine rings is 1. The third kappa shape index (κ3) is 4.67. The maximum absolute atomic E-state index is 12.8. The van der Waals surface area contributed by atoms with Gasteiger partial charge in [-0.15, -0.1) is 10.2 Å². The number of aromatic nitrogens is 2. The first-order valence-corrected chi connectivity index (χ1v) is 12.0. The summed E-state index contributed by atoms with van der Waals surface area (Å²) in [7, 11) is 0. The minimum absolute atomic E-state index is 0.0163. The third-order valence-electron chi connectivity index (χ3n) is 5.81. The van der Waals surface area contributed by atoms with Gasteiger partial charge in [0.15, 0.2) is 11.5 Å². The van der Waals surface area contributed by atoms with Crippen molar-refractivity contribution in [3.8, 4) is 17.2 Å². The number of amides is 2. The highest BCUT2D eigenvalue weighted by molar-refractivity contribution is 7.13. The van der Waals surface area contributed by atoms with Gasteiger partial charge in [-0.25, -0.2) is 0 Å². The monoisotopic (exact) mass is 480 g/mol. The van der Waals surface area contributed by atoms with E-state index in [0.717, 1.165) is 23.6 Å². The second-order valence-electron chi connectivity index (χ2n) is 7.99. The Hall–Kier alpha value is -3.66. The molecule has 0 bridgehead atoms. The summed E-state index contributed by atoms with van der Waals surface area (Å²) in [6.07, 6.45) is 1.56. The number of anilines is 1. The highest BCUT2D eigenvalue weighted by Crippen LogP contribution is 2.35. The molecule has 1 aromatic heterocycles. The second kappa shape index (κ2) is 9.68. The van der Waals surface area contributed by atoms with Crippen molar-refractivity contribution >= 4 is 28.8 Å². The molecule has 0 aliphatic carbocycles. The van der Waals surface area contributed by atoms with Crippen molar-refractivity contribution in [3.05, 3.63) is 58.0 Å². The van der Waals surface area contributed by atoms with Gasteiger partial charge in [0, 0.05) is 36.3 Å². The topological polar surface area (TPSA) is 103 Å². The summed E-state index contributed by atoms with van der Waals surface area (Å²) < 4.78 is 16.1. The SMILES string of the molecule is CCOc1ccc(C(=O)N2CCC(c3nnc(C(=O)Nc4ccc5c(c4)OCO5)s3)CC2)cc1. The molecule has 2 aliphatic rings. The molecule has 2 aliphatic heterocycles. The number of nitrogens with zero attached hydrogens (tertiary/aromatic N) is 3.